The van der Waals surface area contributed by atoms with Gasteiger partial charge in [-0.25, -0.2) is 0 Å². The number of fused-ring (bicyclic) bond motifs is 1. The fourth-order valence-corrected chi connectivity index (χ4v) is 5.54. The summed E-state index contributed by atoms with van der Waals surface area (Å²) < 4.78 is 17.4. The molecule has 0 bridgehead atoms. The maximum atomic E-state index is 5.88. The fraction of sp³-hybridized carbons (Fsp3) is 1.00. The fourth-order valence-electron chi connectivity index (χ4n) is 3.01. The summed E-state index contributed by atoms with van der Waals surface area (Å²) in [5.41, 5.74) is 0. The highest BCUT2D eigenvalue weighted by atomic mass is 28.4. The summed E-state index contributed by atoms with van der Waals surface area (Å²) in [5, 5.41) is 0. The zero-order chi connectivity index (χ0) is 12.3. The number of ether oxygens (including phenoxy) is 1. The van der Waals surface area contributed by atoms with Gasteiger partial charge in [-0.05, 0) is 58.0 Å². The molecule has 1 saturated carbocycles. The lowest BCUT2D eigenvalue weighted by Crippen LogP contribution is -2.39. The van der Waals surface area contributed by atoms with Crippen molar-refractivity contribution in [2.24, 2.45) is 5.92 Å². The van der Waals surface area contributed by atoms with Crippen LogP contribution in [0.1, 0.15) is 39.5 Å². The average Bonchev–Trinajstić information content (AvgIpc) is 3.05. The first-order chi connectivity index (χ1) is 8.17. The topological polar surface area (TPSA) is 31.0 Å². The van der Waals surface area contributed by atoms with Crippen molar-refractivity contribution in [3.63, 3.8) is 0 Å². The van der Waals surface area contributed by atoms with Crippen molar-refractivity contribution in [1.82, 2.24) is 0 Å². The highest BCUT2D eigenvalue weighted by Gasteiger charge is 2.44. The van der Waals surface area contributed by atoms with Gasteiger partial charge in [0.2, 0.25) is 0 Å². The standard InChI is InChI=1S/C13H26O3Si/c1-4-14-17(3,15-5-2)9-8-11-6-7-12-13(10-11)16-12/h11-13H,4-10H2,1-3H3/t11-,12?,13?/m0/s1. The Morgan fingerprint density at radius 2 is 1.82 bits per heavy atom. The first-order valence-corrected chi connectivity index (χ1v) is 9.62. The van der Waals surface area contributed by atoms with Gasteiger partial charge >= 0.3 is 8.56 Å². The Kier molecular flexibility index (Phi) is 4.63. The van der Waals surface area contributed by atoms with Crippen LogP contribution in [0.4, 0.5) is 0 Å². The van der Waals surface area contributed by atoms with E-state index in [-0.39, 0.29) is 0 Å². The molecule has 2 rings (SSSR count). The van der Waals surface area contributed by atoms with Crippen molar-refractivity contribution in [3.8, 4) is 0 Å². The Labute approximate surface area is 106 Å². The highest BCUT2D eigenvalue weighted by Crippen LogP contribution is 2.41. The van der Waals surface area contributed by atoms with E-state index in [1.54, 1.807) is 0 Å². The molecular formula is C13H26O3Si. The van der Waals surface area contributed by atoms with E-state index in [1.165, 1.54) is 25.7 Å². The summed E-state index contributed by atoms with van der Waals surface area (Å²) in [6.45, 7) is 7.89. The van der Waals surface area contributed by atoms with Gasteiger partial charge in [0.05, 0.1) is 12.2 Å². The van der Waals surface area contributed by atoms with Crippen molar-refractivity contribution in [3.05, 3.63) is 0 Å². The maximum absolute atomic E-state index is 5.88. The van der Waals surface area contributed by atoms with E-state index in [1.807, 2.05) is 0 Å². The van der Waals surface area contributed by atoms with Crippen molar-refractivity contribution in [1.29, 1.82) is 0 Å². The zero-order valence-electron chi connectivity index (χ0n) is 11.4. The predicted molar refractivity (Wildman–Crippen MR) is 70.3 cm³/mol. The molecule has 0 radical (unpaired) electrons. The van der Waals surface area contributed by atoms with Crippen molar-refractivity contribution in [2.75, 3.05) is 13.2 Å². The first kappa shape index (κ1) is 13.5. The number of rotatable bonds is 7. The van der Waals surface area contributed by atoms with Crippen LogP contribution in [-0.4, -0.2) is 34.0 Å². The molecule has 0 N–H and O–H groups in total. The molecule has 17 heavy (non-hydrogen) atoms. The number of epoxide rings is 1. The summed E-state index contributed by atoms with van der Waals surface area (Å²) in [5.74, 6) is 0.839. The highest BCUT2D eigenvalue weighted by molar-refractivity contribution is 6.66. The van der Waals surface area contributed by atoms with Gasteiger partial charge in [0.15, 0.2) is 0 Å². The molecule has 2 unspecified atom stereocenters. The third kappa shape index (κ3) is 3.78. The Bertz CT molecular complexity index is 241. The van der Waals surface area contributed by atoms with Crippen molar-refractivity contribution >= 4 is 8.56 Å². The molecule has 4 heteroatoms. The summed E-state index contributed by atoms with van der Waals surface area (Å²) in [6, 6.07) is 1.14. The second-order valence-electron chi connectivity index (χ2n) is 5.43. The molecule has 0 amide bonds. The van der Waals surface area contributed by atoms with Gasteiger partial charge in [0.1, 0.15) is 0 Å². The molecule has 0 aromatic carbocycles. The number of hydrogen-bond donors (Lipinski definition) is 0. The van der Waals surface area contributed by atoms with Crippen LogP contribution in [0.15, 0.2) is 0 Å². The zero-order valence-corrected chi connectivity index (χ0v) is 12.4. The quantitative estimate of drug-likeness (QED) is 0.519. The second-order valence-corrected chi connectivity index (χ2v) is 8.78. The largest absolute Gasteiger partial charge is 0.395 e. The van der Waals surface area contributed by atoms with Crippen LogP contribution in [0.25, 0.3) is 0 Å². The summed E-state index contributed by atoms with van der Waals surface area (Å²) in [7, 11) is -1.88. The van der Waals surface area contributed by atoms with Crippen LogP contribution in [0.2, 0.25) is 12.6 Å². The van der Waals surface area contributed by atoms with E-state index >= 15 is 0 Å². The molecule has 1 saturated heterocycles. The summed E-state index contributed by atoms with van der Waals surface area (Å²) in [4.78, 5) is 0. The van der Waals surface area contributed by atoms with Gasteiger partial charge in [-0.1, -0.05) is 0 Å². The van der Waals surface area contributed by atoms with E-state index in [2.05, 4.69) is 20.4 Å². The lowest BCUT2D eigenvalue weighted by molar-refractivity contribution is 0.185. The van der Waals surface area contributed by atoms with Gasteiger partial charge in [0, 0.05) is 13.2 Å². The molecule has 100 valence electrons. The van der Waals surface area contributed by atoms with Gasteiger partial charge in [-0.2, -0.15) is 0 Å². The van der Waals surface area contributed by atoms with Crippen LogP contribution in [0.5, 0.6) is 0 Å². The van der Waals surface area contributed by atoms with E-state index in [0.29, 0.717) is 12.2 Å². The molecule has 0 spiro atoms. The maximum Gasteiger partial charge on any atom is 0.334 e. The molecule has 3 nitrogen and oxygen atoms in total. The number of hydrogen-bond acceptors (Lipinski definition) is 3. The van der Waals surface area contributed by atoms with Crippen molar-refractivity contribution < 1.29 is 13.6 Å². The van der Waals surface area contributed by atoms with Crippen LogP contribution < -0.4 is 0 Å². The van der Waals surface area contributed by atoms with Crippen LogP contribution >= 0.6 is 0 Å². The SMILES string of the molecule is CCO[Si](C)(CC[C@@H]1CCC2OC2C1)OCC. The lowest BCUT2D eigenvalue weighted by Gasteiger charge is -2.28. The molecule has 0 aromatic rings. The van der Waals surface area contributed by atoms with Crippen LogP contribution in [0.3, 0.4) is 0 Å². The second kappa shape index (κ2) is 5.82. The minimum atomic E-state index is -1.88. The van der Waals surface area contributed by atoms with E-state index in [4.69, 9.17) is 13.6 Å². The third-order valence-electron chi connectivity index (χ3n) is 4.02. The Hall–Kier alpha value is 0.0969. The minimum absolute atomic E-state index is 0.598. The summed E-state index contributed by atoms with van der Waals surface area (Å²) in [6.07, 6.45) is 6.36. The van der Waals surface area contributed by atoms with E-state index in [9.17, 15) is 0 Å². The van der Waals surface area contributed by atoms with E-state index in [0.717, 1.165) is 25.2 Å². The molecule has 1 heterocycles. The molecule has 2 aliphatic rings. The Morgan fingerprint density at radius 1 is 1.12 bits per heavy atom. The van der Waals surface area contributed by atoms with Gasteiger partial charge in [0.25, 0.3) is 0 Å². The average molecular weight is 258 g/mol. The van der Waals surface area contributed by atoms with Crippen LogP contribution in [-0.2, 0) is 13.6 Å². The predicted octanol–water partition coefficient (Wildman–Crippen LogP) is 3.09. The molecule has 1 aliphatic carbocycles. The molecular weight excluding hydrogens is 232 g/mol. The molecule has 1 aliphatic heterocycles. The lowest BCUT2D eigenvalue weighted by atomic mass is 9.88. The smallest absolute Gasteiger partial charge is 0.334 e. The van der Waals surface area contributed by atoms with Gasteiger partial charge < -0.3 is 13.6 Å². The summed E-state index contributed by atoms with van der Waals surface area (Å²) >= 11 is 0. The van der Waals surface area contributed by atoms with Gasteiger partial charge in [-0.3, -0.25) is 0 Å². The molecule has 2 fully saturated rings. The van der Waals surface area contributed by atoms with Crippen molar-refractivity contribution in [2.45, 2.75) is 64.3 Å². The molecule has 0 aromatic heterocycles. The normalized spacial score (nSPS) is 32.3. The first-order valence-electron chi connectivity index (χ1n) is 7.10. The van der Waals surface area contributed by atoms with E-state index < -0.39 is 8.56 Å². The van der Waals surface area contributed by atoms with Gasteiger partial charge in [-0.15, -0.1) is 0 Å². The molecule has 3 atom stereocenters. The van der Waals surface area contributed by atoms with Crippen LogP contribution in [0, 0.1) is 5.92 Å². The third-order valence-corrected chi connectivity index (χ3v) is 7.01. The Morgan fingerprint density at radius 3 is 2.41 bits per heavy atom. The minimum Gasteiger partial charge on any atom is -0.395 e. The monoisotopic (exact) mass is 258 g/mol. The Balaban J connectivity index is 1.73.